The predicted molar refractivity (Wildman–Crippen MR) is 71.8 cm³/mol. The maximum atomic E-state index is 11.7. The number of esters is 1. The molecule has 5 heteroatoms. The summed E-state index contributed by atoms with van der Waals surface area (Å²) in [5.74, 6) is -0.839. The molecule has 0 aromatic heterocycles. The highest BCUT2D eigenvalue weighted by molar-refractivity contribution is 6.58. The summed E-state index contributed by atoms with van der Waals surface area (Å²) in [4.78, 5) is 11.7. The lowest BCUT2D eigenvalue weighted by molar-refractivity contribution is -0.149. The van der Waals surface area contributed by atoms with Gasteiger partial charge in [0.05, 0.1) is 6.61 Å². The number of rotatable bonds is 5. The van der Waals surface area contributed by atoms with E-state index in [1.165, 1.54) is 13.8 Å². The van der Waals surface area contributed by atoms with Gasteiger partial charge in [0.1, 0.15) is 5.60 Å². The Bertz CT molecular complexity index is 396. The van der Waals surface area contributed by atoms with Gasteiger partial charge in [0.15, 0.2) is 0 Å². The Morgan fingerprint density at radius 1 is 1.28 bits per heavy atom. The van der Waals surface area contributed by atoms with Crippen molar-refractivity contribution in [1.29, 1.82) is 0 Å². The number of ether oxygens (including phenoxy) is 1. The smallest absolute Gasteiger partial charge is 0.345 e. The number of carbonyl (C=O) groups excluding carboxylic acids is 1. The second-order valence-electron chi connectivity index (χ2n) is 4.50. The summed E-state index contributed by atoms with van der Waals surface area (Å²) in [5.41, 5.74) is -0.525. The molecule has 100 valence electrons. The predicted octanol–water partition coefficient (Wildman–Crippen LogP) is 2.72. The quantitative estimate of drug-likeness (QED) is 0.670. The van der Waals surface area contributed by atoms with Crippen molar-refractivity contribution in [3.05, 3.63) is 35.9 Å². The van der Waals surface area contributed by atoms with Crippen LogP contribution in [0.5, 0.6) is 0 Å². The second kappa shape index (κ2) is 5.91. The van der Waals surface area contributed by atoms with E-state index < -0.39 is 15.9 Å². The fourth-order valence-corrected chi connectivity index (χ4v) is 1.36. The minimum absolute atomic E-state index is 0.167. The third-order valence-electron chi connectivity index (χ3n) is 2.49. The Balaban J connectivity index is 2.48. The molecule has 0 radical (unpaired) electrons. The normalized spacial score (nSPS) is 12.3. The van der Waals surface area contributed by atoms with E-state index in [2.05, 4.69) is 0 Å². The first-order valence-corrected chi connectivity index (χ1v) is 6.32. The van der Waals surface area contributed by atoms with E-state index in [1.54, 1.807) is 0 Å². The molecule has 18 heavy (non-hydrogen) atoms. The molecule has 1 aromatic carbocycles. The van der Waals surface area contributed by atoms with Crippen LogP contribution in [0.25, 0.3) is 0 Å². The molecule has 0 saturated heterocycles. The summed E-state index contributed by atoms with van der Waals surface area (Å²) in [6, 6.07) is 9.58. The van der Waals surface area contributed by atoms with Crippen LogP contribution < -0.4 is 0 Å². The first-order valence-electron chi connectivity index (χ1n) is 5.56. The lowest BCUT2D eigenvalue weighted by atomic mass is 10.0. The van der Waals surface area contributed by atoms with Crippen molar-refractivity contribution in [2.45, 2.75) is 30.2 Å². The van der Waals surface area contributed by atoms with Gasteiger partial charge in [-0.3, -0.25) is 0 Å². The Hall–Kier alpha value is -0.770. The monoisotopic (exact) mass is 290 g/mol. The Morgan fingerprint density at radius 3 is 2.33 bits per heavy atom. The first kappa shape index (κ1) is 15.3. The van der Waals surface area contributed by atoms with Crippen molar-refractivity contribution in [2.24, 2.45) is 0 Å². The molecule has 1 N–H and O–H groups in total. The van der Waals surface area contributed by atoms with Crippen molar-refractivity contribution >= 4 is 29.2 Å². The zero-order valence-electron chi connectivity index (χ0n) is 10.3. The molecule has 0 aliphatic heterocycles. The molecule has 0 saturated carbocycles. The van der Waals surface area contributed by atoms with Gasteiger partial charge in [-0.05, 0) is 19.4 Å². The molecule has 3 nitrogen and oxygen atoms in total. The number of benzene rings is 1. The lowest BCUT2D eigenvalue weighted by Gasteiger charge is -2.29. The largest absolute Gasteiger partial charge is 0.463 e. The van der Waals surface area contributed by atoms with Crippen molar-refractivity contribution in [1.82, 2.24) is 0 Å². The molecule has 0 unspecified atom stereocenters. The van der Waals surface area contributed by atoms with Crippen LogP contribution in [0.15, 0.2) is 30.3 Å². The Kier molecular flexibility index (Phi) is 5.02. The number of alkyl halides is 2. The van der Waals surface area contributed by atoms with E-state index >= 15 is 0 Å². The molecule has 0 aliphatic carbocycles. The first-order chi connectivity index (χ1) is 8.25. The average molecular weight is 291 g/mol. The number of aliphatic hydroxyl groups is 1. The summed E-state index contributed by atoms with van der Waals surface area (Å²) >= 11 is 11.6. The minimum atomic E-state index is -1.97. The fraction of sp³-hybridized carbons (Fsp3) is 0.462. The highest BCUT2D eigenvalue weighted by Gasteiger charge is 2.49. The summed E-state index contributed by atoms with van der Waals surface area (Å²) in [7, 11) is 0. The lowest BCUT2D eigenvalue weighted by Crippen LogP contribution is -2.48. The van der Waals surface area contributed by atoms with Gasteiger partial charge in [0, 0.05) is 6.42 Å². The van der Waals surface area contributed by atoms with Gasteiger partial charge in [0.25, 0.3) is 0 Å². The third-order valence-corrected chi connectivity index (χ3v) is 3.73. The summed E-state index contributed by atoms with van der Waals surface area (Å²) < 4.78 is 3.01. The van der Waals surface area contributed by atoms with Gasteiger partial charge in [-0.25, -0.2) is 4.79 Å². The molecule has 0 heterocycles. The van der Waals surface area contributed by atoms with Crippen LogP contribution in [0.2, 0.25) is 0 Å². The zero-order chi connectivity index (χ0) is 13.8. The molecule has 0 amide bonds. The van der Waals surface area contributed by atoms with Crippen LogP contribution in [-0.2, 0) is 16.0 Å². The van der Waals surface area contributed by atoms with Crippen molar-refractivity contribution < 1.29 is 14.6 Å². The Labute approximate surface area is 117 Å². The maximum Gasteiger partial charge on any atom is 0.345 e. The molecule has 0 fully saturated rings. The van der Waals surface area contributed by atoms with E-state index in [-0.39, 0.29) is 6.61 Å². The van der Waals surface area contributed by atoms with Gasteiger partial charge in [-0.2, -0.15) is 0 Å². The van der Waals surface area contributed by atoms with Gasteiger partial charge in [-0.15, -0.1) is 0 Å². The zero-order valence-corrected chi connectivity index (χ0v) is 11.8. The molecule has 1 rings (SSSR count). The van der Waals surface area contributed by atoms with E-state index in [0.717, 1.165) is 5.56 Å². The van der Waals surface area contributed by atoms with Crippen LogP contribution >= 0.6 is 23.2 Å². The van der Waals surface area contributed by atoms with Gasteiger partial charge < -0.3 is 9.84 Å². The van der Waals surface area contributed by atoms with Crippen LogP contribution in [-0.4, -0.2) is 27.6 Å². The number of hydrogen-bond acceptors (Lipinski definition) is 3. The Morgan fingerprint density at radius 2 is 1.83 bits per heavy atom. The maximum absolute atomic E-state index is 11.7. The van der Waals surface area contributed by atoms with Crippen molar-refractivity contribution in [3.8, 4) is 0 Å². The topological polar surface area (TPSA) is 46.5 Å². The fourth-order valence-electron chi connectivity index (χ4n) is 1.25. The molecular formula is C13H16Cl2O3. The number of hydrogen-bond donors (Lipinski definition) is 1. The van der Waals surface area contributed by atoms with Crippen LogP contribution in [0.4, 0.5) is 0 Å². The van der Waals surface area contributed by atoms with E-state index in [1.807, 2.05) is 30.3 Å². The number of carbonyl (C=O) groups is 1. The second-order valence-corrected chi connectivity index (χ2v) is 5.83. The standard InChI is InChI=1S/C13H16Cl2O3/c1-12(2,17)13(14,15)11(16)18-9-8-10-6-4-3-5-7-10/h3-7,17H,8-9H2,1-2H3. The molecular weight excluding hydrogens is 275 g/mol. The van der Waals surface area contributed by atoms with E-state index in [4.69, 9.17) is 27.9 Å². The highest BCUT2D eigenvalue weighted by Crippen LogP contribution is 2.34. The SMILES string of the molecule is CC(C)(O)C(Cl)(Cl)C(=O)OCCc1ccccc1. The molecule has 0 spiro atoms. The molecule has 0 atom stereocenters. The minimum Gasteiger partial charge on any atom is -0.463 e. The average Bonchev–Trinajstić information content (AvgIpc) is 2.28. The molecule has 1 aromatic rings. The molecule has 0 aliphatic rings. The van der Waals surface area contributed by atoms with Gasteiger partial charge in [-0.1, -0.05) is 53.5 Å². The number of halogens is 2. The summed E-state index contributed by atoms with van der Waals surface area (Å²) in [6.45, 7) is 2.87. The highest BCUT2D eigenvalue weighted by atomic mass is 35.5. The van der Waals surface area contributed by atoms with Gasteiger partial charge >= 0.3 is 5.97 Å². The van der Waals surface area contributed by atoms with Crippen LogP contribution in [0.1, 0.15) is 19.4 Å². The van der Waals surface area contributed by atoms with E-state index in [0.29, 0.717) is 6.42 Å². The van der Waals surface area contributed by atoms with Crippen LogP contribution in [0, 0.1) is 0 Å². The van der Waals surface area contributed by atoms with E-state index in [9.17, 15) is 9.90 Å². The third kappa shape index (κ3) is 3.87. The van der Waals surface area contributed by atoms with Crippen molar-refractivity contribution in [2.75, 3.05) is 6.61 Å². The molecule has 0 bridgehead atoms. The summed E-state index contributed by atoms with van der Waals surface area (Å²) in [5, 5.41) is 9.67. The van der Waals surface area contributed by atoms with Gasteiger partial charge in [0.2, 0.25) is 4.33 Å². The summed E-state index contributed by atoms with van der Waals surface area (Å²) in [6.07, 6.45) is 0.572. The van der Waals surface area contributed by atoms with Crippen molar-refractivity contribution in [3.63, 3.8) is 0 Å². The van der Waals surface area contributed by atoms with Crippen LogP contribution in [0.3, 0.4) is 0 Å².